The summed E-state index contributed by atoms with van der Waals surface area (Å²) in [7, 11) is 1.40. The van der Waals surface area contributed by atoms with Crippen molar-refractivity contribution >= 4 is 44.6 Å². The number of carbonyl (C=O) groups is 1. The Kier molecular flexibility index (Phi) is 4.31. The Morgan fingerprint density at radius 2 is 2.29 bits per heavy atom. The Bertz CT molecular complexity index is 521. The van der Waals surface area contributed by atoms with Gasteiger partial charge < -0.3 is 4.74 Å². The number of methoxy groups -OCH3 is 1. The third-order valence-corrected chi connectivity index (χ3v) is 4.89. The molecular formula is C11H10BrNO2S2. The molecule has 0 saturated carbocycles. The number of hydrogen-bond acceptors (Lipinski definition) is 5. The quantitative estimate of drug-likeness (QED) is 0.801. The number of rotatable bonds is 4. The minimum Gasteiger partial charge on any atom is -0.469 e. The van der Waals surface area contributed by atoms with E-state index < -0.39 is 0 Å². The maximum absolute atomic E-state index is 11.0. The molecule has 2 aromatic heterocycles. The van der Waals surface area contributed by atoms with Gasteiger partial charge in [-0.15, -0.1) is 22.7 Å². The van der Waals surface area contributed by atoms with Crippen molar-refractivity contribution < 1.29 is 9.53 Å². The van der Waals surface area contributed by atoms with E-state index in [1.807, 2.05) is 16.8 Å². The Morgan fingerprint density at radius 1 is 1.47 bits per heavy atom. The van der Waals surface area contributed by atoms with Crippen LogP contribution in [0.4, 0.5) is 0 Å². The fourth-order valence-corrected chi connectivity index (χ4v) is 3.65. The molecule has 90 valence electrons. The summed E-state index contributed by atoms with van der Waals surface area (Å²) in [5.74, 6) is -0.196. The molecule has 0 radical (unpaired) electrons. The number of thiazole rings is 1. The van der Waals surface area contributed by atoms with Gasteiger partial charge in [0.25, 0.3) is 0 Å². The highest BCUT2D eigenvalue weighted by Crippen LogP contribution is 2.32. The monoisotopic (exact) mass is 331 g/mol. The smallest absolute Gasteiger partial charge is 0.305 e. The molecule has 0 aliphatic rings. The lowest BCUT2D eigenvalue weighted by Gasteiger charge is -1.95. The average molecular weight is 332 g/mol. The van der Waals surface area contributed by atoms with Gasteiger partial charge in [-0.2, -0.15) is 0 Å². The number of aromatic nitrogens is 1. The standard InChI is InChI=1S/C11H10BrNO2S2/c1-15-10(14)3-2-8-6-17-11(13-8)9-4-7(12)5-16-9/h4-6H,2-3H2,1H3. The van der Waals surface area contributed by atoms with Crippen LogP contribution in [0.5, 0.6) is 0 Å². The molecule has 0 spiro atoms. The van der Waals surface area contributed by atoms with Crippen LogP contribution in [0.25, 0.3) is 9.88 Å². The summed E-state index contributed by atoms with van der Waals surface area (Å²) >= 11 is 6.68. The molecule has 0 N–H and O–H groups in total. The van der Waals surface area contributed by atoms with Gasteiger partial charge in [-0.3, -0.25) is 4.79 Å². The molecule has 0 bridgehead atoms. The largest absolute Gasteiger partial charge is 0.469 e. The summed E-state index contributed by atoms with van der Waals surface area (Å²) in [4.78, 5) is 16.7. The van der Waals surface area contributed by atoms with E-state index in [1.54, 1.807) is 22.7 Å². The molecule has 2 aromatic rings. The van der Waals surface area contributed by atoms with Crippen LogP contribution in [0.1, 0.15) is 12.1 Å². The first-order valence-electron chi connectivity index (χ1n) is 4.94. The van der Waals surface area contributed by atoms with E-state index in [4.69, 9.17) is 0 Å². The van der Waals surface area contributed by atoms with Crippen LogP contribution in [0, 0.1) is 0 Å². The minimum atomic E-state index is -0.196. The number of nitrogens with zero attached hydrogens (tertiary/aromatic N) is 1. The molecule has 0 amide bonds. The van der Waals surface area contributed by atoms with Crippen molar-refractivity contribution in [2.45, 2.75) is 12.8 Å². The number of thiophene rings is 1. The zero-order chi connectivity index (χ0) is 12.3. The molecular weight excluding hydrogens is 322 g/mol. The number of halogens is 1. The second-order valence-corrected chi connectivity index (χ2v) is 6.03. The summed E-state index contributed by atoms with van der Waals surface area (Å²) in [5.41, 5.74) is 0.944. The van der Waals surface area contributed by atoms with Gasteiger partial charge in [0.05, 0.1) is 24.1 Å². The summed E-state index contributed by atoms with van der Waals surface area (Å²) in [6, 6.07) is 2.05. The van der Waals surface area contributed by atoms with E-state index in [0.717, 1.165) is 20.1 Å². The highest BCUT2D eigenvalue weighted by atomic mass is 79.9. The highest BCUT2D eigenvalue weighted by molar-refractivity contribution is 9.10. The zero-order valence-electron chi connectivity index (χ0n) is 9.10. The Balaban J connectivity index is 2.03. The van der Waals surface area contributed by atoms with Gasteiger partial charge >= 0.3 is 5.97 Å². The molecule has 3 nitrogen and oxygen atoms in total. The second kappa shape index (κ2) is 5.75. The summed E-state index contributed by atoms with van der Waals surface area (Å²) in [5, 5.41) is 5.03. The van der Waals surface area contributed by atoms with Crippen molar-refractivity contribution in [1.82, 2.24) is 4.98 Å². The van der Waals surface area contributed by atoms with Gasteiger partial charge in [-0.1, -0.05) is 0 Å². The van der Waals surface area contributed by atoms with Crippen LogP contribution >= 0.6 is 38.6 Å². The number of ether oxygens (including phenoxy) is 1. The Morgan fingerprint density at radius 3 is 2.94 bits per heavy atom. The molecule has 0 aliphatic heterocycles. The summed E-state index contributed by atoms with van der Waals surface area (Å²) < 4.78 is 5.67. The van der Waals surface area contributed by atoms with Crippen molar-refractivity contribution in [3.05, 3.63) is 27.0 Å². The van der Waals surface area contributed by atoms with E-state index in [0.29, 0.717) is 12.8 Å². The van der Waals surface area contributed by atoms with Crippen molar-refractivity contribution in [1.29, 1.82) is 0 Å². The highest BCUT2D eigenvalue weighted by Gasteiger charge is 2.08. The van der Waals surface area contributed by atoms with Gasteiger partial charge in [-0.05, 0) is 22.0 Å². The fourth-order valence-electron chi connectivity index (χ4n) is 1.29. The normalized spacial score (nSPS) is 10.5. The number of hydrogen-bond donors (Lipinski definition) is 0. The van der Waals surface area contributed by atoms with Crippen LogP contribution in [0.3, 0.4) is 0 Å². The lowest BCUT2D eigenvalue weighted by molar-refractivity contribution is -0.140. The first-order valence-corrected chi connectivity index (χ1v) is 7.50. The molecule has 0 saturated heterocycles. The molecule has 2 rings (SSSR count). The van der Waals surface area contributed by atoms with E-state index in [1.165, 1.54) is 7.11 Å². The first kappa shape index (κ1) is 12.7. The van der Waals surface area contributed by atoms with E-state index in [9.17, 15) is 4.79 Å². The van der Waals surface area contributed by atoms with E-state index in [2.05, 4.69) is 25.7 Å². The van der Waals surface area contributed by atoms with Crippen molar-refractivity contribution in [3.8, 4) is 9.88 Å². The number of carbonyl (C=O) groups excluding carboxylic acids is 1. The second-order valence-electron chi connectivity index (χ2n) is 3.35. The van der Waals surface area contributed by atoms with Crippen LogP contribution in [-0.4, -0.2) is 18.1 Å². The molecule has 0 unspecified atom stereocenters. The molecule has 6 heteroatoms. The average Bonchev–Trinajstić information content (AvgIpc) is 2.94. The van der Waals surface area contributed by atoms with E-state index >= 15 is 0 Å². The van der Waals surface area contributed by atoms with Gasteiger partial charge in [-0.25, -0.2) is 4.98 Å². The van der Waals surface area contributed by atoms with Gasteiger partial charge in [0.2, 0.25) is 0 Å². The molecule has 0 aromatic carbocycles. The van der Waals surface area contributed by atoms with Gasteiger partial charge in [0, 0.05) is 21.7 Å². The van der Waals surface area contributed by atoms with Crippen LogP contribution in [-0.2, 0) is 16.0 Å². The fraction of sp³-hybridized carbons (Fsp3) is 0.273. The predicted molar refractivity (Wildman–Crippen MR) is 73.5 cm³/mol. The molecule has 2 heterocycles. The minimum absolute atomic E-state index is 0.196. The molecule has 0 aliphatic carbocycles. The predicted octanol–water partition coefficient (Wildman–Crippen LogP) is 3.74. The third kappa shape index (κ3) is 3.37. The maximum atomic E-state index is 11.0. The SMILES string of the molecule is COC(=O)CCc1csc(-c2cc(Br)cs2)n1. The van der Waals surface area contributed by atoms with Crippen LogP contribution in [0.2, 0.25) is 0 Å². The zero-order valence-corrected chi connectivity index (χ0v) is 12.3. The Hall–Kier alpha value is -0.720. The first-order chi connectivity index (χ1) is 8.19. The molecule has 17 heavy (non-hydrogen) atoms. The summed E-state index contributed by atoms with van der Waals surface area (Å²) in [6.45, 7) is 0. The lowest BCUT2D eigenvalue weighted by Crippen LogP contribution is -2.01. The lowest BCUT2D eigenvalue weighted by atomic mass is 10.2. The van der Waals surface area contributed by atoms with Crippen molar-refractivity contribution in [2.75, 3.05) is 7.11 Å². The summed E-state index contributed by atoms with van der Waals surface area (Å²) in [6.07, 6.45) is 1.02. The maximum Gasteiger partial charge on any atom is 0.305 e. The van der Waals surface area contributed by atoms with Crippen molar-refractivity contribution in [2.24, 2.45) is 0 Å². The third-order valence-electron chi connectivity index (χ3n) is 2.14. The number of aryl methyl sites for hydroxylation is 1. The van der Waals surface area contributed by atoms with Crippen LogP contribution in [0.15, 0.2) is 21.3 Å². The van der Waals surface area contributed by atoms with E-state index in [-0.39, 0.29) is 5.97 Å². The van der Waals surface area contributed by atoms with Crippen molar-refractivity contribution in [3.63, 3.8) is 0 Å². The Labute approximate surface area is 116 Å². The molecule has 0 fully saturated rings. The van der Waals surface area contributed by atoms with Gasteiger partial charge in [0.1, 0.15) is 5.01 Å². The number of esters is 1. The molecule has 0 atom stereocenters. The van der Waals surface area contributed by atoms with Crippen LogP contribution < -0.4 is 0 Å². The topological polar surface area (TPSA) is 39.2 Å². The van der Waals surface area contributed by atoms with Gasteiger partial charge in [0.15, 0.2) is 0 Å².